The molecule has 1 atom stereocenters. The third-order valence-electron chi connectivity index (χ3n) is 7.60. The third kappa shape index (κ3) is 5.34. The van der Waals surface area contributed by atoms with Crippen LogP contribution in [0.2, 0.25) is 0 Å². The molecule has 1 aliphatic heterocycles. The van der Waals surface area contributed by atoms with Crippen LogP contribution >= 0.6 is 15.9 Å². The van der Waals surface area contributed by atoms with Crippen molar-refractivity contribution in [1.29, 1.82) is 0 Å². The Hall–Kier alpha value is -2.82. The largest absolute Gasteiger partial charge is 0.366 e. The van der Waals surface area contributed by atoms with Crippen molar-refractivity contribution in [2.45, 2.75) is 62.8 Å². The van der Waals surface area contributed by atoms with Crippen molar-refractivity contribution < 1.29 is 8.42 Å². The van der Waals surface area contributed by atoms with Gasteiger partial charge in [0.15, 0.2) is 5.65 Å². The van der Waals surface area contributed by atoms with Crippen molar-refractivity contribution in [2.24, 2.45) is 0 Å². The molecule has 0 amide bonds. The maximum absolute atomic E-state index is 13.6. The molecule has 4 aromatic rings. The molecular formula is C28H33BrN6O2S. The Labute approximate surface area is 232 Å². The lowest BCUT2D eigenvalue weighted by molar-refractivity contribution is 0.312. The van der Waals surface area contributed by atoms with Gasteiger partial charge in [-0.15, -0.1) is 0 Å². The second-order valence-electron chi connectivity index (χ2n) is 10.5. The van der Waals surface area contributed by atoms with E-state index in [1.54, 1.807) is 33.3 Å². The average molecular weight is 598 g/mol. The molecule has 0 spiro atoms. The summed E-state index contributed by atoms with van der Waals surface area (Å²) in [5.74, 6) is 0.774. The van der Waals surface area contributed by atoms with Gasteiger partial charge >= 0.3 is 0 Å². The lowest BCUT2D eigenvalue weighted by atomic mass is 9.82. The zero-order valence-corrected chi connectivity index (χ0v) is 24.3. The van der Waals surface area contributed by atoms with Crippen molar-refractivity contribution in [3.8, 4) is 0 Å². The van der Waals surface area contributed by atoms with Crippen LogP contribution in [-0.2, 0) is 22.0 Å². The minimum absolute atomic E-state index is 0.00747. The number of pyridine rings is 1. The standard InChI is InChI=1S/C28H33BrN6O2S/c1-4-28(2,3)22-9-11-23(12-10-22)38(36,37)34-14-6-8-21(19-34)25-15-26(31-17-20-7-5-13-30-16-20)35-27(33-25)24(29)18-32-35/h5,7,9-13,15-16,18,21,31H,4,6,8,14,17,19H2,1-3H3. The minimum atomic E-state index is -3.61. The van der Waals surface area contributed by atoms with Crippen LogP contribution in [0.25, 0.3) is 5.65 Å². The van der Waals surface area contributed by atoms with E-state index in [4.69, 9.17) is 4.98 Å². The number of rotatable bonds is 8. The number of halogens is 1. The van der Waals surface area contributed by atoms with Gasteiger partial charge in [-0.25, -0.2) is 13.4 Å². The Bertz CT molecular complexity index is 1520. The van der Waals surface area contributed by atoms with Gasteiger partial charge < -0.3 is 5.32 Å². The summed E-state index contributed by atoms with van der Waals surface area (Å²) in [6.07, 6.45) is 7.92. The topological polar surface area (TPSA) is 92.5 Å². The second kappa shape index (κ2) is 10.7. The molecule has 200 valence electrons. The van der Waals surface area contributed by atoms with E-state index in [1.807, 2.05) is 36.5 Å². The fourth-order valence-electron chi connectivity index (χ4n) is 4.82. The number of sulfonamides is 1. The smallest absolute Gasteiger partial charge is 0.243 e. The van der Waals surface area contributed by atoms with Gasteiger partial charge in [-0.3, -0.25) is 4.98 Å². The van der Waals surface area contributed by atoms with E-state index in [0.717, 1.165) is 46.4 Å². The quantitative estimate of drug-likeness (QED) is 0.278. The molecule has 38 heavy (non-hydrogen) atoms. The molecule has 1 N–H and O–H groups in total. The van der Waals surface area contributed by atoms with Gasteiger partial charge in [0.05, 0.1) is 21.3 Å². The average Bonchev–Trinajstić information content (AvgIpc) is 3.33. The molecular weight excluding hydrogens is 564 g/mol. The summed E-state index contributed by atoms with van der Waals surface area (Å²) in [5, 5.41) is 7.92. The SMILES string of the molecule is CCC(C)(C)c1ccc(S(=O)(=O)N2CCCC(c3cc(NCc4cccnc4)n4ncc(Br)c4n3)C2)cc1. The van der Waals surface area contributed by atoms with E-state index in [9.17, 15) is 8.42 Å². The van der Waals surface area contributed by atoms with Crippen LogP contribution in [0.15, 0.2) is 70.4 Å². The Balaban J connectivity index is 1.40. The molecule has 1 fully saturated rings. The molecule has 1 unspecified atom stereocenters. The number of hydrogen-bond donors (Lipinski definition) is 1. The predicted molar refractivity (Wildman–Crippen MR) is 153 cm³/mol. The van der Waals surface area contributed by atoms with Gasteiger partial charge in [0.2, 0.25) is 10.0 Å². The first-order valence-electron chi connectivity index (χ1n) is 13.0. The number of nitrogens with zero attached hydrogens (tertiary/aromatic N) is 5. The van der Waals surface area contributed by atoms with Gasteiger partial charge in [0.25, 0.3) is 0 Å². The lowest BCUT2D eigenvalue weighted by Crippen LogP contribution is -2.39. The van der Waals surface area contributed by atoms with Gasteiger partial charge in [0, 0.05) is 44.0 Å². The normalized spacial score (nSPS) is 17.1. The zero-order valence-electron chi connectivity index (χ0n) is 21.9. The molecule has 5 rings (SSSR count). The Morgan fingerprint density at radius 1 is 1.16 bits per heavy atom. The number of aromatic nitrogens is 4. The monoisotopic (exact) mass is 596 g/mol. The van der Waals surface area contributed by atoms with Crippen LogP contribution in [0.3, 0.4) is 0 Å². The Morgan fingerprint density at radius 2 is 1.95 bits per heavy atom. The van der Waals surface area contributed by atoms with Gasteiger partial charge in [-0.1, -0.05) is 39.0 Å². The maximum atomic E-state index is 13.6. The van der Waals surface area contributed by atoms with Crippen LogP contribution < -0.4 is 5.32 Å². The molecule has 3 aromatic heterocycles. The van der Waals surface area contributed by atoms with Crippen molar-refractivity contribution in [3.05, 3.63) is 82.3 Å². The van der Waals surface area contributed by atoms with Crippen molar-refractivity contribution in [3.63, 3.8) is 0 Å². The number of hydrogen-bond acceptors (Lipinski definition) is 6. The van der Waals surface area contributed by atoms with Crippen LogP contribution in [0.4, 0.5) is 5.82 Å². The van der Waals surface area contributed by atoms with E-state index in [2.05, 4.69) is 52.1 Å². The lowest BCUT2D eigenvalue weighted by Gasteiger charge is -2.32. The highest BCUT2D eigenvalue weighted by atomic mass is 79.9. The first-order valence-corrected chi connectivity index (χ1v) is 15.2. The van der Waals surface area contributed by atoms with E-state index in [0.29, 0.717) is 30.2 Å². The minimum Gasteiger partial charge on any atom is -0.366 e. The summed E-state index contributed by atoms with van der Waals surface area (Å²) in [6, 6.07) is 13.3. The first-order chi connectivity index (χ1) is 18.2. The summed E-state index contributed by atoms with van der Waals surface area (Å²) in [6.45, 7) is 7.97. The van der Waals surface area contributed by atoms with Gasteiger partial charge in [-0.05, 0) is 69.9 Å². The van der Waals surface area contributed by atoms with Crippen molar-refractivity contribution >= 4 is 37.4 Å². The fourth-order valence-corrected chi connectivity index (χ4v) is 6.69. The molecule has 0 aliphatic carbocycles. The van der Waals surface area contributed by atoms with Crippen LogP contribution in [0.1, 0.15) is 62.8 Å². The highest BCUT2D eigenvalue weighted by molar-refractivity contribution is 9.10. The summed E-state index contributed by atoms with van der Waals surface area (Å²) in [5.41, 5.74) is 3.75. The Morgan fingerprint density at radius 3 is 2.66 bits per heavy atom. The molecule has 1 saturated heterocycles. The summed E-state index contributed by atoms with van der Waals surface area (Å²) >= 11 is 3.56. The summed E-state index contributed by atoms with van der Waals surface area (Å²) in [4.78, 5) is 9.42. The molecule has 4 heterocycles. The molecule has 1 aromatic carbocycles. The van der Waals surface area contributed by atoms with E-state index in [1.165, 1.54) is 0 Å². The third-order valence-corrected chi connectivity index (χ3v) is 10.0. The van der Waals surface area contributed by atoms with Crippen molar-refractivity contribution in [2.75, 3.05) is 18.4 Å². The van der Waals surface area contributed by atoms with Crippen LogP contribution in [0, 0.1) is 0 Å². The molecule has 0 radical (unpaired) electrons. The van der Waals surface area contributed by atoms with E-state index >= 15 is 0 Å². The molecule has 10 heteroatoms. The molecule has 0 bridgehead atoms. The van der Waals surface area contributed by atoms with E-state index in [-0.39, 0.29) is 11.3 Å². The second-order valence-corrected chi connectivity index (χ2v) is 13.3. The zero-order chi connectivity index (χ0) is 26.9. The molecule has 1 aliphatic rings. The molecule has 0 saturated carbocycles. The summed E-state index contributed by atoms with van der Waals surface area (Å²) in [7, 11) is -3.61. The number of fused-ring (bicyclic) bond motifs is 1. The van der Waals surface area contributed by atoms with Gasteiger partial charge in [-0.2, -0.15) is 13.9 Å². The number of piperidine rings is 1. The number of anilines is 1. The van der Waals surface area contributed by atoms with Crippen molar-refractivity contribution in [1.82, 2.24) is 23.9 Å². The first kappa shape index (κ1) is 26.8. The van der Waals surface area contributed by atoms with E-state index < -0.39 is 10.0 Å². The van der Waals surface area contributed by atoms with Gasteiger partial charge in [0.1, 0.15) is 5.82 Å². The number of benzene rings is 1. The van der Waals surface area contributed by atoms with Crippen LogP contribution in [0.5, 0.6) is 0 Å². The Kier molecular flexibility index (Phi) is 7.57. The highest BCUT2D eigenvalue weighted by Gasteiger charge is 2.32. The summed E-state index contributed by atoms with van der Waals surface area (Å²) < 4.78 is 31.4. The highest BCUT2D eigenvalue weighted by Crippen LogP contribution is 2.33. The predicted octanol–water partition coefficient (Wildman–Crippen LogP) is 5.75. The fraction of sp³-hybridized carbons (Fsp3) is 0.393. The molecule has 8 nitrogen and oxygen atoms in total. The number of nitrogens with one attached hydrogen (secondary N) is 1. The van der Waals surface area contributed by atoms with Crippen LogP contribution in [-0.4, -0.2) is 45.4 Å². The maximum Gasteiger partial charge on any atom is 0.243 e.